The molecule has 0 bridgehead atoms. The monoisotopic (exact) mass is 464 g/mol. The van der Waals surface area contributed by atoms with Gasteiger partial charge in [0.25, 0.3) is 0 Å². The molecule has 0 unspecified atom stereocenters. The van der Waals surface area contributed by atoms with Crippen LogP contribution >= 0.6 is 0 Å². The molecular weight excluding hydrogens is 432 g/mol. The highest BCUT2D eigenvalue weighted by atomic mass is 32.2. The highest BCUT2D eigenvalue weighted by Gasteiger charge is 2.47. The van der Waals surface area contributed by atoms with Gasteiger partial charge in [-0.2, -0.15) is 9.57 Å². The number of nitrogens with zero attached hydrogens (tertiary/aromatic N) is 3. The van der Waals surface area contributed by atoms with Gasteiger partial charge in [-0.05, 0) is 42.9 Å². The summed E-state index contributed by atoms with van der Waals surface area (Å²) in [7, 11) is -3.47. The van der Waals surface area contributed by atoms with Gasteiger partial charge in [-0.25, -0.2) is 8.42 Å². The number of hydrogen-bond acceptors (Lipinski definition) is 5. The molecular formula is C26H32N4O2S. The summed E-state index contributed by atoms with van der Waals surface area (Å²) in [4.78, 5) is 2.79. The van der Waals surface area contributed by atoms with Gasteiger partial charge in [-0.3, -0.25) is 4.90 Å². The van der Waals surface area contributed by atoms with E-state index in [9.17, 15) is 13.7 Å². The average molecular weight is 465 g/mol. The maximum Gasteiger partial charge on any atom is 0.243 e. The van der Waals surface area contributed by atoms with Crippen molar-refractivity contribution in [3.05, 3.63) is 66.2 Å². The molecule has 6 nitrogen and oxygen atoms in total. The molecule has 174 valence electrons. The van der Waals surface area contributed by atoms with E-state index in [-0.39, 0.29) is 5.54 Å². The van der Waals surface area contributed by atoms with Gasteiger partial charge in [-0.15, -0.1) is 0 Å². The number of nitriles is 1. The van der Waals surface area contributed by atoms with E-state index in [1.807, 2.05) is 6.07 Å². The van der Waals surface area contributed by atoms with Crippen molar-refractivity contribution in [2.24, 2.45) is 5.92 Å². The molecule has 2 aromatic rings. The van der Waals surface area contributed by atoms with Gasteiger partial charge in [0.15, 0.2) is 0 Å². The highest BCUT2D eigenvalue weighted by Crippen LogP contribution is 2.42. The average Bonchev–Trinajstić information content (AvgIpc) is 3.59. The van der Waals surface area contributed by atoms with Crippen LogP contribution < -0.4 is 5.32 Å². The molecule has 2 aromatic carbocycles. The Labute approximate surface area is 197 Å². The third-order valence-corrected chi connectivity index (χ3v) is 9.67. The number of nitrogens with one attached hydrogen (secondary N) is 1. The van der Waals surface area contributed by atoms with Crippen LogP contribution in [0, 0.1) is 17.2 Å². The first-order valence-corrected chi connectivity index (χ1v) is 13.4. The Kier molecular flexibility index (Phi) is 6.28. The SMILES string of the molecule is N#CCC1(N2CC(CN[C@@H]3C[C@H]3c3ccccc3)C2)CCN(S(=O)(=O)c2ccccc2)CC1. The molecule has 3 fully saturated rings. The fourth-order valence-corrected chi connectivity index (χ4v) is 6.99. The maximum absolute atomic E-state index is 13.0. The van der Waals surface area contributed by atoms with Crippen molar-refractivity contribution in [2.45, 2.75) is 48.1 Å². The lowest BCUT2D eigenvalue weighted by Crippen LogP contribution is -2.64. The van der Waals surface area contributed by atoms with E-state index in [1.165, 1.54) is 12.0 Å². The standard InChI is InChI=1S/C26H32N4O2S/c27-14-11-26(12-15-30(16-13-26)33(31,32)23-9-5-2-6-10-23)29-19-21(20-29)18-28-25-17-24(25)22-7-3-1-4-8-22/h1-10,21,24-25,28H,11-13,15-20H2/t24-,25+/m0/s1. The maximum atomic E-state index is 13.0. The minimum atomic E-state index is -3.47. The molecule has 0 radical (unpaired) electrons. The third-order valence-electron chi connectivity index (χ3n) is 7.76. The Morgan fingerprint density at radius 3 is 2.27 bits per heavy atom. The Morgan fingerprint density at radius 1 is 1.00 bits per heavy atom. The van der Waals surface area contributed by atoms with Crippen molar-refractivity contribution in [1.82, 2.24) is 14.5 Å². The van der Waals surface area contributed by atoms with Crippen LogP contribution in [0.15, 0.2) is 65.6 Å². The largest absolute Gasteiger partial charge is 0.313 e. The van der Waals surface area contributed by atoms with Gasteiger partial charge in [-0.1, -0.05) is 48.5 Å². The summed E-state index contributed by atoms with van der Waals surface area (Å²) in [5.41, 5.74) is 1.23. The van der Waals surface area contributed by atoms with Gasteiger partial charge >= 0.3 is 0 Å². The second-order valence-electron chi connectivity index (χ2n) is 9.81. The number of piperidine rings is 1. The fraction of sp³-hybridized carbons (Fsp3) is 0.500. The van der Waals surface area contributed by atoms with Crippen LogP contribution in [-0.4, -0.2) is 61.9 Å². The molecule has 0 spiro atoms. The Morgan fingerprint density at radius 2 is 1.64 bits per heavy atom. The van der Waals surface area contributed by atoms with E-state index < -0.39 is 10.0 Å². The minimum Gasteiger partial charge on any atom is -0.313 e. The second kappa shape index (κ2) is 9.19. The molecule has 1 aliphatic carbocycles. The first-order valence-electron chi connectivity index (χ1n) is 12.0. The first kappa shape index (κ1) is 22.5. The fourth-order valence-electron chi connectivity index (χ4n) is 5.53. The summed E-state index contributed by atoms with van der Waals surface area (Å²) >= 11 is 0. The van der Waals surface area contributed by atoms with E-state index >= 15 is 0 Å². The highest BCUT2D eigenvalue weighted by molar-refractivity contribution is 7.89. The van der Waals surface area contributed by atoms with Gasteiger partial charge in [0.1, 0.15) is 0 Å². The Balaban J connectivity index is 1.12. The predicted molar refractivity (Wildman–Crippen MR) is 128 cm³/mol. The van der Waals surface area contributed by atoms with Crippen LogP contribution in [0.3, 0.4) is 0 Å². The number of rotatable bonds is 8. The summed E-state index contributed by atoms with van der Waals surface area (Å²) in [5, 5.41) is 13.3. The van der Waals surface area contributed by atoms with Crippen molar-refractivity contribution in [3.63, 3.8) is 0 Å². The van der Waals surface area contributed by atoms with Crippen molar-refractivity contribution in [3.8, 4) is 6.07 Å². The topological polar surface area (TPSA) is 76.4 Å². The summed E-state index contributed by atoms with van der Waals surface area (Å²) < 4.78 is 27.6. The zero-order valence-corrected chi connectivity index (χ0v) is 19.8. The van der Waals surface area contributed by atoms with E-state index in [0.29, 0.717) is 55.1 Å². The second-order valence-corrected chi connectivity index (χ2v) is 11.8. The summed E-state index contributed by atoms with van der Waals surface area (Å²) in [6.45, 7) is 3.94. The lowest BCUT2D eigenvalue weighted by atomic mass is 9.79. The molecule has 33 heavy (non-hydrogen) atoms. The summed E-state index contributed by atoms with van der Waals surface area (Å²) in [6, 6.07) is 22.3. The van der Waals surface area contributed by atoms with Crippen LogP contribution in [0.5, 0.6) is 0 Å². The minimum absolute atomic E-state index is 0.194. The van der Waals surface area contributed by atoms with Gasteiger partial charge in [0, 0.05) is 50.2 Å². The van der Waals surface area contributed by atoms with Crippen LogP contribution in [0.2, 0.25) is 0 Å². The normalized spacial score (nSPS) is 25.8. The molecule has 3 aliphatic rings. The van der Waals surface area contributed by atoms with E-state index in [1.54, 1.807) is 28.6 Å². The van der Waals surface area contributed by atoms with Crippen LogP contribution in [-0.2, 0) is 10.0 Å². The third kappa shape index (κ3) is 4.58. The molecule has 2 atom stereocenters. The number of likely N-dealkylation sites (tertiary alicyclic amines) is 1. The van der Waals surface area contributed by atoms with E-state index in [2.05, 4.69) is 46.6 Å². The molecule has 7 heteroatoms. The van der Waals surface area contributed by atoms with Gasteiger partial charge in [0.05, 0.1) is 17.4 Å². The molecule has 0 aromatic heterocycles. The molecule has 2 aliphatic heterocycles. The van der Waals surface area contributed by atoms with Crippen LogP contribution in [0.1, 0.15) is 37.2 Å². The number of benzene rings is 2. The zero-order chi connectivity index (χ0) is 22.9. The summed E-state index contributed by atoms with van der Waals surface area (Å²) in [5.74, 6) is 1.24. The molecule has 1 N–H and O–H groups in total. The first-order chi connectivity index (χ1) is 16.0. The van der Waals surface area contributed by atoms with E-state index in [0.717, 1.165) is 19.6 Å². The molecule has 2 heterocycles. The van der Waals surface area contributed by atoms with Gasteiger partial charge < -0.3 is 5.32 Å². The zero-order valence-electron chi connectivity index (χ0n) is 18.9. The van der Waals surface area contributed by atoms with Crippen LogP contribution in [0.4, 0.5) is 0 Å². The van der Waals surface area contributed by atoms with E-state index in [4.69, 9.17) is 0 Å². The Hall–Kier alpha value is -2.24. The lowest BCUT2D eigenvalue weighted by Gasteiger charge is -2.54. The van der Waals surface area contributed by atoms with Crippen molar-refractivity contribution in [2.75, 3.05) is 32.7 Å². The number of hydrogen-bond donors (Lipinski definition) is 1. The van der Waals surface area contributed by atoms with Crippen LogP contribution in [0.25, 0.3) is 0 Å². The Bertz CT molecular complexity index is 1090. The molecule has 2 saturated heterocycles. The van der Waals surface area contributed by atoms with Crippen molar-refractivity contribution in [1.29, 1.82) is 5.26 Å². The van der Waals surface area contributed by atoms with Gasteiger partial charge in [0.2, 0.25) is 10.0 Å². The molecule has 1 saturated carbocycles. The lowest BCUT2D eigenvalue weighted by molar-refractivity contribution is -0.0394. The quantitative estimate of drug-likeness (QED) is 0.649. The molecule has 5 rings (SSSR count). The summed E-state index contributed by atoms with van der Waals surface area (Å²) in [6.07, 6.45) is 3.10. The molecule has 0 amide bonds. The smallest absolute Gasteiger partial charge is 0.243 e. The predicted octanol–water partition coefficient (Wildman–Crippen LogP) is 3.20. The van der Waals surface area contributed by atoms with Crippen molar-refractivity contribution < 1.29 is 8.42 Å². The number of sulfonamides is 1. The van der Waals surface area contributed by atoms with Crippen molar-refractivity contribution >= 4 is 10.0 Å².